The Balaban J connectivity index is 2.99. The minimum absolute atomic E-state index is 0.0301. The summed E-state index contributed by atoms with van der Waals surface area (Å²) in [5, 5.41) is 8.55. The van der Waals surface area contributed by atoms with Crippen LogP contribution < -0.4 is 0 Å². The smallest absolute Gasteiger partial charge is 0.0701 e. The first-order valence-electron chi connectivity index (χ1n) is 12.3. The number of hydrogen-bond acceptors (Lipinski definition) is 11. The highest BCUT2D eigenvalue weighted by atomic mass is 16.6. The Labute approximate surface area is 205 Å². The molecule has 0 aliphatic carbocycles. The number of hydrogen-bond donors (Lipinski definition) is 1. The molecule has 0 aromatic rings. The Hall–Kier alpha value is -0.440. The lowest BCUT2D eigenvalue weighted by molar-refractivity contribution is -0.0268. The van der Waals surface area contributed by atoms with Gasteiger partial charge in [0.25, 0.3) is 0 Å². The summed E-state index contributed by atoms with van der Waals surface area (Å²) in [6.45, 7) is 12.8. The van der Waals surface area contributed by atoms with E-state index < -0.39 is 0 Å². The van der Waals surface area contributed by atoms with E-state index in [1.807, 2.05) is 0 Å². The van der Waals surface area contributed by atoms with Crippen LogP contribution in [0.2, 0.25) is 0 Å². The lowest BCUT2D eigenvalue weighted by atomic mass is 10.5. The summed E-state index contributed by atoms with van der Waals surface area (Å²) in [4.78, 5) is 0. The normalized spacial score (nSPS) is 11.5. The fourth-order valence-corrected chi connectivity index (χ4v) is 2.29. The van der Waals surface area contributed by atoms with Gasteiger partial charge in [-0.1, -0.05) is 6.92 Å². The van der Waals surface area contributed by atoms with Gasteiger partial charge in [0.1, 0.15) is 0 Å². The fraction of sp³-hybridized carbons (Fsp3) is 1.00. The SMILES string of the molecule is CCCOCCOCCOCCOCCOCCOCCOCCOCCOCCOCCO. The maximum atomic E-state index is 8.55. The minimum Gasteiger partial charge on any atom is -0.394 e. The van der Waals surface area contributed by atoms with E-state index in [2.05, 4.69) is 6.92 Å². The van der Waals surface area contributed by atoms with Crippen LogP contribution in [-0.2, 0) is 47.4 Å². The molecule has 0 radical (unpaired) electrons. The molecule has 0 aliphatic rings. The van der Waals surface area contributed by atoms with E-state index in [-0.39, 0.29) is 6.61 Å². The highest BCUT2D eigenvalue weighted by Gasteiger charge is 1.95. The van der Waals surface area contributed by atoms with Crippen LogP contribution in [0.3, 0.4) is 0 Å². The van der Waals surface area contributed by atoms with Gasteiger partial charge in [0, 0.05) is 6.61 Å². The van der Waals surface area contributed by atoms with E-state index in [1.54, 1.807) is 0 Å². The van der Waals surface area contributed by atoms with Gasteiger partial charge in [0.2, 0.25) is 0 Å². The lowest BCUT2D eigenvalue weighted by Gasteiger charge is -2.09. The average Bonchev–Trinajstić information content (AvgIpc) is 2.85. The first-order chi connectivity index (χ1) is 16.9. The van der Waals surface area contributed by atoms with Gasteiger partial charge in [-0.15, -0.1) is 0 Å². The largest absolute Gasteiger partial charge is 0.394 e. The van der Waals surface area contributed by atoms with Crippen molar-refractivity contribution in [2.75, 3.05) is 139 Å². The molecular formula is C23H48O11. The molecule has 0 fully saturated rings. The Morgan fingerprint density at radius 3 is 0.647 bits per heavy atom. The molecule has 0 amide bonds. The zero-order valence-electron chi connectivity index (χ0n) is 21.1. The Kier molecular flexibility index (Phi) is 32.1. The van der Waals surface area contributed by atoms with E-state index in [9.17, 15) is 0 Å². The van der Waals surface area contributed by atoms with Crippen LogP contribution in [-0.4, -0.2) is 144 Å². The van der Waals surface area contributed by atoms with Crippen molar-refractivity contribution in [1.82, 2.24) is 0 Å². The molecular weight excluding hydrogens is 452 g/mol. The van der Waals surface area contributed by atoms with Gasteiger partial charge in [-0.25, -0.2) is 0 Å². The molecule has 0 aromatic heterocycles. The maximum absolute atomic E-state index is 8.55. The summed E-state index contributed by atoms with van der Waals surface area (Å²) in [7, 11) is 0. The summed E-state index contributed by atoms with van der Waals surface area (Å²) in [6.07, 6.45) is 1.03. The van der Waals surface area contributed by atoms with Crippen LogP contribution in [0.4, 0.5) is 0 Å². The van der Waals surface area contributed by atoms with Crippen LogP contribution in [0.15, 0.2) is 0 Å². The van der Waals surface area contributed by atoms with Crippen LogP contribution in [0.1, 0.15) is 13.3 Å². The number of aliphatic hydroxyl groups is 1. The average molecular weight is 501 g/mol. The van der Waals surface area contributed by atoms with Crippen molar-refractivity contribution in [3.05, 3.63) is 0 Å². The molecule has 0 spiro atoms. The van der Waals surface area contributed by atoms with Gasteiger partial charge >= 0.3 is 0 Å². The predicted octanol–water partition coefficient (Wildman–Crippen LogP) is 0.555. The van der Waals surface area contributed by atoms with E-state index in [4.69, 9.17) is 52.5 Å². The molecule has 0 saturated heterocycles. The lowest BCUT2D eigenvalue weighted by Crippen LogP contribution is -2.15. The van der Waals surface area contributed by atoms with Gasteiger partial charge in [0.05, 0.1) is 132 Å². The first kappa shape index (κ1) is 33.6. The minimum atomic E-state index is 0.0301. The Morgan fingerprint density at radius 2 is 0.471 bits per heavy atom. The van der Waals surface area contributed by atoms with Gasteiger partial charge in [0.15, 0.2) is 0 Å². The van der Waals surface area contributed by atoms with Crippen molar-refractivity contribution < 1.29 is 52.5 Å². The molecule has 11 nitrogen and oxygen atoms in total. The van der Waals surface area contributed by atoms with Crippen molar-refractivity contribution in [1.29, 1.82) is 0 Å². The van der Waals surface area contributed by atoms with E-state index in [0.717, 1.165) is 13.0 Å². The molecule has 34 heavy (non-hydrogen) atoms. The molecule has 0 unspecified atom stereocenters. The predicted molar refractivity (Wildman–Crippen MR) is 126 cm³/mol. The highest BCUT2D eigenvalue weighted by Crippen LogP contribution is 1.86. The van der Waals surface area contributed by atoms with Crippen molar-refractivity contribution >= 4 is 0 Å². The Morgan fingerprint density at radius 1 is 0.294 bits per heavy atom. The van der Waals surface area contributed by atoms with Crippen LogP contribution in [0.5, 0.6) is 0 Å². The quantitative estimate of drug-likeness (QED) is 0.135. The second-order valence-electron chi connectivity index (χ2n) is 6.85. The van der Waals surface area contributed by atoms with E-state index in [0.29, 0.717) is 126 Å². The van der Waals surface area contributed by atoms with Gasteiger partial charge < -0.3 is 52.5 Å². The summed E-state index contributed by atoms with van der Waals surface area (Å²) in [5.41, 5.74) is 0. The monoisotopic (exact) mass is 500 g/mol. The molecule has 0 aromatic carbocycles. The van der Waals surface area contributed by atoms with Crippen LogP contribution >= 0.6 is 0 Å². The van der Waals surface area contributed by atoms with E-state index in [1.165, 1.54) is 0 Å². The third-order valence-corrected chi connectivity index (χ3v) is 3.93. The molecule has 0 saturated carbocycles. The highest BCUT2D eigenvalue weighted by molar-refractivity contribution is 4.38. The molecule has 0 bridgehead atoms. The zero-order valence-corrected chi connectivity index (χ0v) is 21.1. The van der Waals surface area contributed by atoms with Gasteiger partial charge in [-0.2, -0.15) is 0 Å². The van der Waals surface area contributed by atoms with Crippen LogP contribution in [0.25, 0.3) is 0 Å². The third kappa shape index (κ3) is 31.6. The molecule has 0 heterocycles. The molecule has 11 heteroatoms. The molecule has 0 rings (SSSR count). The maximum Gasteiger partial charge on any atom is 0.0701 e. The summed E-state index contributed by atoms with van der Waals surface area (Å²) in [5.74, 6) is 0. The number of ether oxygens (including phenoxy) is 10. The summed E-state index contributed by atoms with van der Waals surface area (Å²) < 4.78 is 53.6. The third-order valence-electron chi connectivity index (χ3n) is 3.93. The zero-order chi connectivity index (χ0) is 24.6. The molecule has 1 N–H and O–H groups in total. The van der Waals surface area contributed by atoms with Crippen molar-refractivity contribution in [2.24, 2.45) is 0 Å². The molecule has 206 valence electrons. The molecule has 0 aliphatic heterocycles. The van der Waals surface area contributed by atoms with Gasteiger partial charge in [-0.3, -0.25) is 0 Å². The number of aliphatic hydroxyl groups excluding tert-OH is 1. The second kappa shape index (κ2) is 32.6. The molecule has 0 atom stereocenters. The van der Waals surface area contributed by atoms with Crippen molar-refractivity contribution in [2.45, 2.75) is 13.3 Å². The topological polar surface area (TPSA) is 113 Å². The second-order valence-corrected chi connectivity index (χ2v) is 6.85. The number of rotatable bonds is 31. The summed E-state index contributed by atoms with van der Waals surface area (Å²) >= 11 is 0. The van der Waals surface area contributed by atoms with Crippen molar-refractivity contribution in [3.63, 3.8) is 0 Å². The first-order valence-corrected chi connectivity index (χ1v) is 12.3. The van der Waals surface area contributed by atoms with Crippen LogP contribution in [0, 0.1) is 0 Å². The summed E-state index contributed by atoms with van der Waals surface area (Å²) in [6, 6.07) is 0. The van der Waals surface area contributed by atoms with Gasteiger partial charge in [-0.05, 0) is 6.42 Å². The van der Waals surface area contributed by atoms with Crippen molar-refractivity contribution in [3.8, 4) is 0 Å². The standard InChI is InChI=1S/C23H48O11/c1-2-4-25-6-8-27-10-12-29-14-16-31-18-20-33-22-23-34-21-19-32-17-15-30-13-11-28-9-7-26-5-3-24/h24H,2-23H2,1H3. The van der Waals surface area contributed by atoms with E-state index >= 15 is 0 Å². The fourth-order valence-electron chi connectivity index (χ4n) is 2.29. The Bertz CT molecular complexity index is 319.